The van der Waals surface area contributed by atoms with Crippen LogP contribution in [0.2, 0.25) is 0 Å². The molecule has 0 amide bonds. The van der Waals surface area contributed by atoms with Gasteiger partial charge in [-0.2, -0.15) is 0 Å². The Bertz CT molecular complexity index is 415. The number of methoxy groups -OCH3 is 1. The summed E-state index contributed by atoms with van der Waals surface area (Å²) in [5.41, 5.74) is 1.47. The Kier molecular flexibility index (Phi) is 2.69. The number of carbonyl (C=O) groups is 1. The van der Waals surface area contributed by atoms with Crippen molar-refractivity contribution in [3.8, 4) is 5.75 Å². The Morgan fingerprint density at radius 2 is 2.27 bits per heavy atom. The minimum Gasteiger partial charge on any atom is -0.496 e. The Morgan fingerprint density at radius 3 is 2.87 bits per heavy atom. The predicted octanol–water partition coefficient (Wildman–Crippen LogP) is 3.08. The van der Waals surface area contributed by atoms with E-state index in [4.69, 9.17) is 9.47 Å². The predicted molar refractivity (Wildman–Crippen MR) is 59.1 cm³/mol. The molecule has 0 aliphatic carbocycles. The summed E-state index contributed by atoms with van der Waals surface area (Å²) in [6.07, 6.45) is 0.590. The molecule has 0 saturated heterocycles. The number of benzene rings is 1. The van der Waals surface area contributed by atoms with Crippen molar-refractivity contribution in [1.82, 2.24) is 0 Å². The van der Waals surface area contributed by atoms with E-state index in [-0.39, 0.29) is 12.1 Å². The molecule has 2 rings (SSSR count). The standard InChI is InChI=1S/C11H11BrO3/c1-3-8-10-7(11(13)15-8)4-6(12)5-9(10)14-2/h4-5,8H,3H2,1-2H3. The monoisotopic (exact) mass is 270 g/mol. The lowest BCUT2D eigenvalue weighted by Crippen LogP contribution is -1.97. The number of rotatable bonds is 2. The van der Waals surface area contributed by atoms with Crippen molar-refractivity contribution < 1.29 is 14.3 Å². The van der Waals surface area contributed by atoms with Crippen LogP contribution in [-0.4, -0.2) is 13.1 Å². The molecule has 3 nitrogen and oxygen atoms in total. The van der Waals surface area contributed by atoms with E-state index >= 15 is 0 Å². The fourth-order valence-corrected chi connectivity index (χ4v) is 2.24. The molecule has 0 bridgehead atoms. The van der Waals surface area contributed by atoms with E-state index < -0.39 is 0 Å². The van der Waals surface area contributed by atoms with Crippen LogP contribution in [0.25, 0.3) is 0 Å². The zero-order chi connectivity index (χ0) is 11.0. The largest absolute Gasteiger partial charge is 0.496 e. The minimum absolute atomic E-state index is 0.171. The Labute approximate surface area is 96.5 Å². The van der Waals surface area contributed by atoms with Gasteiger partial charge in [0, 0.05) is 10.0 Å². The van der Waals surface area contributed by atoms with Crippen molar-refractivity contribution in [2.75, 3.05) is 7.11 Å². The number of halogens is 1. The van der Waals surface area contributed by atoms with E-state index in [9.17, 15) is 4.79 Å². The third kappa shape index (κ3) is 1.63. The first-order valence-electron chi connectivity index (χ1n) is 4.75. The van der Waals surface area contributed by atoms with Gasteiger partial charge in [0.2, 0.25) is 0 Å². The Hall–Kier alpha value is -1.03. The lowest BCUT2D eigenvalue weighted by atomic mass is 10.0. The lowest BCUT2D eigenvalue weighted by molar-refractivity contribution is 0.0376. The molecular weight excluding hydrogens is 260 g/mol. The van der Waals surface area contributed by atoms with Crippen molar-refractivity contribution in [1.29, 1.82) is 0 Å². The normalized spacial score (nSPS) is 18.6. The average molecular weight is 271 g/mol. The number of esters is 1. The first-order chi connectivity index (χ1) is 7.17. The van der Waals surface area contributed by atoms with E-state index in [2.05, 4.69) is 15.9 Å². The highest BCUT2D eigenvalue weighted by atomic mass is 79.9. The van der Waals surface area contributed by atoms with Gasteiger partial charge in [-0.15, -0.1) is 0 Å². The molecule has 1 unspecified atom stereocenters. The number of fused-ring (bicyclic) bond motifs is 1. The zero-order valence-corrected chi connectivity index (χ0v) is 10.1. The summed E-state index contributed by atoms with van der Waals surface area (Å²) in [7, 11) is 1.59. The minimum atomic E-state index is -0.267. The van der Waals surface area contributed by atoms with Crippen molar-refractivity contribution in [3.63, 3.8) is 0 Å². The van der Waals surface area contributed by atoms with Gasteiger partial charge in [0.15, 0.2) is 0 Å². The van der Waals surface area contributed by atoms with Crippen LogP contribution in [0, 0.1) is 0 Å². The molecule has 1 heterocycles. The second kappa shape index (κ2) is 3.85. The number of ether oxygens (including phenoxy) is 2. The first-order valence-corrected chi connectivity index (χ1v) is 5.55. The van der Waals surface area contributed by atoms with Crippen LogP contribution in [0.5, 0.6) is 5.75 Å². The van der Waals surface area contributed by atoms with Crippen LogP contribution in [0.4, 0.5) is 0 Å². The van der Waals surface area contributed by atoms with Crippen LogP contribution < -0.4 is 4.74 Å². The maximum absolute atomic E-state index is 11.6. The summed E-state index contributed by atoms with van der Waals surface area (Å²) >= 11 is 3.34. The second-order valence-electron chi connectivity index (χ2n) is 3.37. The summed E-state index contributed by atoms with van der Waals surface area (Å²) in [4.78, 5) is 11.6. The summed E-state index contributed by atoms with van der Waals surface area (Å²) < 4.78 is 11.3. The van der Waals surface area contributed by atoms with Gasteiger partial charge in [-0.25, -0.2) is 4.79 Å². The molecule has 1 aliphatic rings. The van der Waals surface area contributed by atoms with Crippen LogP contribution in [0.1, 0.15) is 35.4 Å². The molecule has 0 fully saturated rings. The number of cyclic esters (lactones) is 1. The molecule has 0 radical (unpaired) electrons. The molecule has 0 aromatic heterocycles. The van der Waals surface area contributed by atoms with Gasteiger partial charge in [0.05, 0.1) is 12.7 Å². The summed E-state index contributed by atoms with van der Waals surface area (Å²) in [6.45, 7) is 1.98. The number of hydrogen-bond donors (Lipinski definition) is 0. The van der Waals surface area contributed by atoms with Crippen molar-refractivity contribution >= 4 is 21.9 Å². The molecule has 0 N–H and O–H groups in total. The van der Waals surface area contributed by atoms with Gasteiger partial charge in [-0.3, -0.25) is 0 Å². The van der Waals surface area contributed by atoms with Gasteiger partial charge in [-0.05, 0) is 18.6 Å². The molecule has 15 heavy (non-hydrogen) atoms. The summed E-state index contributed by atoms with van der Waals surface area (Å²) in [5, 5.41) is 0. The van der Waals surface area contributed by atoms with Gasteiger partial charge < -0.3 is 9.47 Å². The summed E-state index contributed by atoms with van der Waals surface area (Å²) in [6, 6.07) is 3.62. The van der Waals surface area contributed by atoms with E-state index in [0.29, 0.717) is 11.3 Å². The fourth-order valence-electron chi connectivity index (χ4n) is 1.80. The molecule has 1 aromatic carbocycles. The van der Waals surface area contributed by atoms with Gasteiger partial charge >= 0.3 is 5.97 Å². The van der Waals surface area contributed by atoms with Crippen LogP contribution in [0.3, 0.4) is 0 Å². The fraction of sp³-hybridized carbons (Fsp3) is 0.364. The zero-order valence-electron chi connectivity index (χ0n) is 8.54. The lowest BCUT2D eigenvalue weighted by Gasteiger charge is -2.11. The molecule has 4 heteroatoms. The van der Waals surface area contributed by atoms with Gasteiger partial charge in [0.25, 0.3) is 0 Å². The maximum atomic E-state index is 11.6. The highest BCUT2D eigenvalue weighted by Crippen LogP contribution is 2.41. The highest BCUT2D eigenvalue weighted by molar-refractivity contribution is 9.10. The van der Waals surface area contributed by atoms with Gasteiger partial charge in [-0.1, -0.05) is 22.9 Å². The molecule has 0 spiro atoms. The molecule has 1 atom stereocenters. The molecule has 1 aliphatic heterocycles. The second-order valence-corrected chi connectivity index (χ2v) is 4.29. The number of hydrogen-bond acceptors (Lipinski definition) is 3. The van der Waals surface area contributed by atoms with Crippen molar-refractivity contribution in [3.05, 3.63) is 27.7 Å². The van der Waals surface area contributed by atoms with E-state index in [1.807, 2.05) is 13.0 Å². The SMILES string of the molecule is CCC1OC(=O)c2cc(Br)cc(OC)c21. The van der Waals surface area contributed by atoms with Gasteiger partial charge in [0.1, 0.15) is 11.9 Å². The van der Waals surface area contributed by atoms with Crippen LogP contribution in [0.15, 0.2) is 16.6 Å². The molecule has 80 valence electrons. The molecule has 1 aromatic rings. The number of carbonyl (C=O) groups excluding carboxylic acids is 1. The van der Waals surface area contributed by atoms with Crippen molar-refractivity contribution in [2.45, 2.75) is 19.4 Å². The first kappa shape index (κ1) is 10.5. The van der Waals surface area contributed by atoms with Crippen LogP contribution >= 0.6 is 15.9 Å². The summed E-state index contributed by atoms with van der Waals surface area (Å²) in [5.74, 6) is 0.438. The third-order valence-electron chi connectivity index (χ3n) is 2.49. The van der Waals surface area contributed by atoms with E-state index in [1.165, 1.54) is 0 Å². The van der Waals surface area contributed by atoms with Crippen LogP contribution in [-0.2, 0) is 4.74 Å². The quantitative estimate of drug-likeness (QED) is 0.775. The Balaban J connectivity index is 2.61. The molecule has 0 saturated carbocycles. The van der Waals surface area contributed by atoms with Crippen molar-refractivity contribution in [2.24, 2.45) is 0 Å². The smallest absolute Gasteiger partial charge is 0.339 e. The highest BCUT2D eigenvalue weighted by Gasteiger charge is 2.33. The van der Waals surface area contributed by atoms with E-state index in [1.54, 1.807) is 13.2 Å². The average Bonchev–Trinajstić information content (AvgIpc) is 2.55. The third-order valence-corrected chi connectivity index (χ3v) is 2.95. The Morgan fingerprint density at radius 1 is 1.53 bits per heavy atom. The maximum Gasteiger partial charge on any atom is 0.339 e. The van der Waals surface area contributed by atoms with E-state index in [0.717, 1.165) is 16.5 Å². The topological polar surface area (TPSA) is 35.5 Å². The molecular formula is C11H11BrO3.